The molecule has 3 N–H and O–H groups in total. The molecule has 8 nitrogen and oxygen atoms in total. The molecule has 2 aromatic heterocycles. The van der Waals surface area contributed by atoms with Crippen LogP contribution in [-0.2, 0) is 20.7 Å². The first-order valence-electron chi connectivity index (χ1n) is 11.9. The Hall–Kier alpha value is -4.93. The Bertz CT molecular complexity index is 1530. The zero-order valence-electron chi connectivity index (χ0n) is 20.2. The topological polar surface area (TPSA) is 113 Å². The molecule has 1 aliphatic heterocycles. The van der Waals surface area contributed by atoms with Crippen LogP contribution in [0.3, 0.4) is 0 Å². The maximum atomic E-state index is 12.8. The fourth-order valence-electron chi connectivity index (χ4n) is 4.21. The highest BCUT2D eigenvalue weighted by molar-refractivity contribution is 5.98. The van der Waals surface area contributed by atoms with E-state index in [0.29, 0.717) is 29.8 Å². The third-order valence-electron chi connectivity index (χ3n) is 6.12. The molecule has 198 valence electrons. The fraction of sp³-hybridized carbons (Fsp3) is 0.143. The Morgan fingerprint density at radius 2 is 1.72 bits per heavy atom. The lowest BCUT2D eigenvalue weighted by molar-refractivity contribution is -0.205. The third-order valence-corrected chi connectivity index (χ3v) is 6.12. The van der Waals surface area contributed by atoms with Gasteiger partial charge in [-0.1, -0.05) is 42.5 Å². The number of amides is 2. The lowest BCUT2D eigenvalue weighted by Gasteiger charge is -2.19. The highest BCUT2D eigenvalue weighted by Gasteiger charge is 2.43. The van der Waals surface area contributed by atoms with E-state index in [-0.39, 0.29) is 17.2 Å². The normalized spacial score (nSPS) is 13.7. The first-order valence-corrected chi connectivity index (χ1v) is 11.9. The van der Waals surface area contributed by atoms with Crippen molar-refractivity contribution in [3.8, 4) is 22.5 Å². The zero-order chi connectivity index (χ0) is 27.6. The van der Waals surface area contributed by atoms with Crippen LogP contribution in [0.15, 0.2) is 79.0 Å². The number of H-pyrrole nitrogens is 1. The van der Waals surface area contributed by atoms with Gasteiger partial charge in [-0.3, -0.25) is 14.6 Å². The van der Waals surface area contributed by atoms with E-state index in [1.807, 2.05) is 12.1 Å². The summed E-state index contributed by atoms with van der Waals surface area (Å²) in [6.45, 7) is 0.577. The number of ether oxygens (including phenoxy) is 1. The maximum absolute atomic E-state index is 12.8. The molecule has 2 aromatic carbocycles. The number of pyridine rings is 1. The predicted molar refractivity (Wildman–Crippen MR) is 135 cm³/mol. The van der Waals surface area contributed by atoms with Crippen molar-refractivity contribution < 1.29 is 32.3 Å². The summed E-state index contributed by atoms with van der Waals surface area (Å²) in [5, 5.41) is 5.31. The largest absolute Gasteiger partial charge is 0.490 e. The molecule has 0 fully saturated rings. The molecule has 0 aliphatic carbocycles. The number of benzene rings is 2. The zero-order valence-corrected chi connectivity index (χ0v) is 20.2. The molecule has 0 spiro atoms. The van der Waals surface area contributed by atoms with Crippen molar-refractivity contribution in [2.75, 3.05) is 11.9 Å². The molecule has 1 atom stereocenters. The molecule has 11 heteroatoms. The average molecular weight is 534 g/mol. The number of esters is 1. The van der Waals surface area contributed by atoms with Gasteiger partial charge in [0.2, 0.25) is 6.10 Å². The SMILES string of the molecule is O=C1NCCc2[nH]c(-c3ccnc(-c4ccc(NC(=O)C(OC(=O)C(F)(F)F)c5ccccc5)cc4)c3)cc21. The Morgan fingerprint density at radius 1 is 0.974 bits per heavy atom. The van der Waals surface area contributed by atoms with Gasteiger partial charge in [0.15, 0.2) is 0 Å². The van der Waals surface area contributed by atoms with Gasteiger partial charge < -0.3 is 20.4 Å². The lowest BCUT2D eigenvalue weighted by Crippen LogP contribution is -2.32. The molecule has 1 unspecified atom stereocenters. The van der Waals surface area contributed by atoms with E-state index in [1.165, 1.54) is 24.3 Å². The van der Waals surface area contributed by atoms with Crippen molar-refractivity contribution in [1.82, 2.24) is 15.3 Å². The Balaban J connectivity index is 1.33. The quantitative estimate of drug-likeness (QED) is 0.307. The van der Waals surface area contributed by atoms with Crippen molar-refractivity contribution in [2.24, 2.45) is 0 Å². The number of halogens is 3. The van der Waals surface area contributed by atoms with Gasteiger partial charge in [0.05, 0.1) is 11.3 Å². The summed E-state index contributed by atoms with van der Waals surface area (Å²) in [6, 6.07) is 19.4. The van der Waals surface area contributed by atoms with E-state index in [9.17, 15) is 27.6 Å². The number of alkyl halides is 3. The molecular formula is C28H21F3N4O4. The molecule has 2 amide bonds. The minimum Gasteiger partial charge on any atom is -0.441 e. The molecule has 1 aliphatic rings. The number of carbonyl (C=O) groups excluding carboxylic acids is 3. The number of nitrogens with one attached hydrogen (secondary N) is 3. The van der Waals surface area contributed by atoms with E-state index in [4.69, 9.17) is 0 Å². The summed E-state index contributed by atoms with van der Waals surface area (Å²) in [7, 11) is 0. The standard InChI is InChI=1S/C28H21F3N4O4/c29-28(30,31)27(38)39-24(17-4-2-1-3-5-17)26(37)34-19-8-6-16(7-9-19)22-14-18(10-12-32-22)23-15-20-21(35-23)11-13-33-25(20)36/h1-10,12,14-15,24,35H,11,13H2,(H,33,36)(H,34,37). The first-order chi connectivity index (χ1) is 18.7. The molecule has 3 heterocycles. The van der Waals surface area contributed by atoms with Gasteiger partial charge in [-0.25, -0.2) is 4.79 Å². The first kappa shape index (κ1) is 25.7. The maximum Gasteiger partial charge on any atom is 0.490 e. The summed E-state index contributed by atoms with van der Waals surface area (Å²) in [6.07, 6.45) is -4.69. The van der Waals surface area contributed by atoms with E-state index in [1.54, 1.807) is 42.6 Å². The number of fused-ring (bicyclic) bond motifs is 1. The predicted octanol–water partition coefficient (Wildman–Crippen LogP) is 4.81. The van der Waals surface area contributed by atoms with Gasteiger partial charge in [0, 0.05) is 52.9 Å². The molecule has 0 radical (unpaired) electrons. The highest BCUT2D eigenvalue weighted by atomic mass is 19.4. The molecule has 39 heavy (non-hydrogen) atoms. The summed E-state index contributed by atoms with van der Waals surface area (Å²) in [4.78, 5) is 44.1. The van der Waals surface area contributed by atoms with Gasteiger partial charge in [0.1, 0.15) is 0 Å². The molecular weight excluding hydrogens is 513 g/mol. The van der Waals surface area contributed by atoms with Gasteiger partial charge in [-0.2, -0.15) is 13.2 Å². The number of hydrogen-bond donors (Lipinski definition) is 3. The van der Waals surface area contributed by atoms with Crippen LogP contribution >= 0.6 is 0 Å². The van der Waals surface area contributed by atoms with Crippen LogP contribution in [-0.4, -0.2) is 40.5 Å². The van der Waals surface area contributed by atoms with Gasteiger partial charge in [-0.15, -0.1) is 0 Å². The van der Waals surface area contributed by atoms with Crippen LogP contribution in [0.4, 0.5) is 18.9 Å². The van der Waals surface area contributed by atoms with E-state index < -0.39 is 24.2 Å². The van der Waals surface area contributed by atoms with Crippen molar-refractivity contribution in [1.29, 1.82) is 0 Å². The molecule has 4 aromatic rings. The summed E-state index contributed by atoms with van der Waals surface area (Å²) < 4.78 is 42.9. The number of hydrogen-bond acceptors (Lipinski definition) is 5. The number of carbonyl (C=O) groups is 3. The summed E-state index contributed by atoms with van der Waals surface area (Å²) in [5.74, 6) is -3.52. The van der Waals surface area contributed by atoms with Crippen LogP contribution < -0.4 is 10.6 Å². The Morgan fingerprint density at radius 3 is 2.41 bits per heavy atom. The fourth-order valence-corrected chi connectivity index (χ4v) is 4.21. The Labute approximate surface area is 220 Å². The number of aromatic nitrogens is 2. The molecule has 5 rings (SSSR count). The van der Waals surface area contributed by atoms with Gasteiger partial charge in [-0.05, 0) is 30.3 Å². The minimum atomic E-state index is -5.25. The highest BCUT2D eigenvalue weighted by Crippen LogP contribution is 2.29. The van der Waals surface area contributed by atoms with Gasteiger partial charge >= 0.3 is 12.1 Å². The second-order valence-electron chi connectivity index (χ2n) is 8.77. The van der Waals surface area contributed by atoms with Crippen molar-refractivity contribution in [3.05, 3.63) is 95.8 Å². The monoisotopic (exact) mass is 534 g/mol. The second kappa shape index (κ2) is 10.4. The van der Waals surface area contributed by atoms with Crippen LogP contribution in [0, 0.1) is 0 Å². The third kappa shape index (κ3) is 5.66. The van der Waals surface area contributed by atoms with Crippen molar-refractivity contribution in [2.45, 2.75) is 18.7 Å². The van der Waals surface area contributed by atoms with Crippen molar-refractivity contribution >= 4 is 23.5 Å². The average Bonchev–Trinajstić information content (AvgIpc) is 3.38. The van der Waals surface area contributed by atoms with E-state index in [2.05, 4.69) is 25.3 Å². The van der Waals surface area contributed by atoms with Crippen molar-refractivity contribution in [3.63, 3.8) is 0 Å². The summed E-state index contributed by atoms with van der Waals surface area (Å²) >= 11 is 0. The Kier molecular flexibility index (Phi) is 6.88. The number of nitrogens with zero attached hydrogens (tertiary/aromatic N) is 1. The van der Waals surface area contributed by atoms with E-state index >= 15 is 0 Å². The lowest BCUT2D eigenvalue weighted by atomic mass is 10.1. The number of anilines is 1. The van der Waals surface area contributed by atoms with Crippen LogP contribution in [0.2, 0.25) is 0 Å². The van der Waals surface area contributed by atoms with Crippen LogP contribution in [0.25, 0.3) is 22.5 Å². The molecule has 0 bridgehead atoms. The smallest absolute Gasteiger partial charge is 0.441 e. The van der Waals surface area contributed by atoms with Crippen LogP contribution in [0.5, 0.6) is 0 Å². The summed E-state index contributed by atoms with van der Waals surface area (Å²) in [5.41, 5.74) is 4.82. The number of rotatable bonds is 6. The number of aromatic amines is 1. The van der Waals surface area contributed by atoms with Gasteiger partial charge in [0.25, 0.3) is 11.8 Å². The second-order valence-corrected chi connectivity index (χ2v) is 8.77. The minimum absolute atomic E-state index is 0.0914. The molecule has 0 saturated heterocycles. The molecule has 0 saturated carbocycles. The van der Waals surface area contributed by atoms with Crippen LogP contribution in [0.1, 0.15) is 27.7 Å². The van der Waals surface area contributed by atoms with E-state index in [0.717, 1.165) is 17.0 Å².